The van der Waals surface area contributed by atoms with Gasteiger partial charge in [-0.25, -0.2) is 14.8 Å². The molecule has 0 spiro atoms. The van der Waals surface area contributed by atoms with Crippen LogP contribution >= 0.6 is 0 Å². The lowest BCUT2D eigenvalue weighted by atomic mass is 10.0. The van der Waals surface area contributed by atoms with Crippen LogP contribution in [0.1, 0.15) is 40.7 Å². The van der Waals surface area contributed by atoms with Gasteiger partial charge in [0.15, 0.2) is 5.82 Å². The average Bonchev–Trinajstić information content (AvgIpc) is 3.24. The Morgan fingerprint density at radius 1 is 0.724 bits per heavy atom. The Morgan fingerprint density at radius 2 is 1.38 bits per heavy atom. The highest BCUT2D eigenvalue weighted by molar-refractivity contribution is 7.85. The van der Waals surface area contributed by atoms with Crippen LogP contribution in [0.15, 0.2) is 155 Å². The number of carbonyl (C=O) groups is 2. The third-order valence-electron chi connectivity index (χ3n) is 8.95. The van der Waals surface area contributed by atoms with Gasteiger partial charge in [0, 0.05) is 24.2 Å². The maximum atomic E-state index is 13.0. The lowest BCUT2D eigenvalue weighted by molar-refractivity contribution is -0.139. The largest absolute Gasteiger partial charge is 0.493 e. The Labute approximate surface area is 336 Å². The molecule has 13 nitrogen and oxygen atoms in total. The van der Waals surface area contributed by atoms with E-state index in [-0.39, 0.29) is 34.8 Å². The number of azo groups is 1. The number of carboxylic acid groups (broad SMARTS) is 1. The number of unbranched alkanes of at least 4 members (excludes halogenated alkanes) is 2. The first-order valence-corrected chi connectivity index (χ1v) is 20.0. The summed E-state index contributed by atoms with van der Waals surface area (Å²) < 4.78 is 44.8. The zero-order valence-corrected chi connectivity index (χ0v) is 32.2. The summed E-state index contributed by atoms with van der Waals surface area (Å²) >= 11 is 0. The minimum absolute atomic E-state index is 0.0180. The predicted molar refractivity (Wildman–Crippen MR) is 218 cm³/mol. The molecular weight excluding hydrogens is 759 g/mol. The minimum Gasteiger partial charge on any atom is -0.493 e. The third kappa shape index (κ3) is 11.6. The van der Waals surface area contributed by atoms with Crippen molar-refractivity contribution < 1.29 is 37.1 Å². The molecule has 0 saturated heterocycles. The van der Waals surface area contributed by atoms with Crippen molar-refractivity contribution in [3.05, 3.63) is 156 Å². The number of rotatable bonds is 19. The molecule has 1 atom stereocenters. The van der Waals surface area contributed by atoms with E-state index in [1.807, 2.05) is 54.6 Å². The molecule has 0 aliphatic carbocycles. The van der Waals surface area contributed by atoms with Crippen LogP contribution < -0.4 is 14.8 Å². The number of para-hydroxylation sites is 1. The SMILES string of the molecule is O=C(NC(Cc1ccccc1OCCCCCOc1cc(-c2ccccc2)cc(-c2ccccc2)n1)C(=O)O)c1ccc(N=NCc2ccccc2S(=O)(=O)O)nc1. The van der Waals surface area contributed by atoms with E-state index in [4.69, 9.17) is 14.5 Å². The van der Waals surface area contributed by atoms with Crippen molar-refractivity contribution in [3.63, 3.8) is 0 Å². The Hall–Kier alpha value is -6.77. The number of pyridine rings is 2. The number of aromatic nitrogens is 2. The summed E-state index contributed by atoms with van der Waals surface area (Å²) in [7, 11) is -4.43. The second-order valence-electron chi connectivity index (χ2n) is 13.1. The first-order valence-electron chi connectivity index (χ1n) is 18.5. The number of aliphatic carboxylic acids is 1. The highest BCUT2D eigenvalue weighted by atomic mass is 32.2. The molecule has 0 radical (unpaired) electrons. The number of benzene rings is 4. The second kappa shape index (κ2) is 19.9. The molecule has 0 saturated carbocycles. The van der Waals surface area contributed by atoms with E-state index in [1.165, 1.54) is 36.5 Å². The number of ether oxygens (including phenoxy) is 2. The lowest BCUT2D eigenvalue weighted by Gasteiger charge is -2.17. The van der Waals surface area contributed by atoms with E-state index in [1.54, 1.807) is 30.3 Å². The van der Waals surface area contributed by atoms with Crippen molar-refractivity contribution in [1.29, 1.82) is 0 Å². The summed E-state index contributed by atoms with van der Waals surface area (Å²) in [6.45, 7) is 0.747. The van der Waals surface area contributed by atoms with Crippen molar-refractivity contribution in [3.8, 4) is 34.0 Å². The molecule has 0 bridgehead atoms. The summed E-state index contributed by atoms with van der Waals surface area (Å²) in [6, 6.07) is 38.7. The van der Waals surface area contributed by atoms with Gasteiger partial charge >= 0.3 is 5.97 Å². The predicted octanol–water partition coefficient (Wildman–Crippen LogP) is 8.40. The molecule has 58 heavy (non-hydrogen) atoms. The quantitative estimate of drug-likeness (QED) is 0.0408. The van der Waals surface area contributed by atoms with Crippen LogP contribution in [0.4, 0.5) is 5.82 Å². The Bertz CT molecular complexity index is 2390. The van der Waals surface area contributed by atoms with Crippen molar-refractivity contribution in [2.45, 2.75) is 43.2 Å². The summed E-state index contributed by atoms with van der Waals surface area (Å²) in [6.07, 6.45) is 3.56. The van der Waals surface area contributed by atoms with Crippen molar-refractivity contribution in [2.24, 2.45) is 10.2 Å². The first-order chi connectivity index (χ1) is 28.1. The summed E-state index contributed by atoms with van der Waals surface area (Å²) in [4.78, 5) is 33.9. The van der Waals surface area contributed by atoms with Gasteiger partial charge in [-0.15, -0.1) is 5.11 Å². The van der Waals surface area contributed by atoms with Crippen molar-refractivity contribution >= 4 is 27.8 Å². The fraction of sp³-hybridized carbons (Fsp3) is 0.182. The Balaban J connectivity index is 0.974. The second-order valence-corrected chi connectivity index (χ2v) is 14.5. The Kier molecular flexibility index (Phi) is 14.0. The van der Waals surface area contributed by atoms with Gasteiger partial charge in [0.25, 0.3) is 16.0 Å². The van der Waals surface area contributed by atoms with Crippen molar-refractivity contribution in [1.82, 2.24) is 15.3 Å². The molecule has 2 heterocycles. The zero-order valence-electron chi connectivity index (χ0n) is 31.3. The standard InChI is InChI=1S/C44H41N5O8S/c50-43(35-22-23-41(45-29-35)49-46-30-34-19-9-11-21-40(34)58(53,54)55)48-38(44(51)52)26-33-18-8-10-20-39(33)56-24-12-3-13-25-57-42-28-36(31-14-4-1-5-15-31)27-37(47-42)32-16-6-2-7-17-32/h1-2,4-11,14-23,27-29,38H,3,12-13,24-26,30H2,(H,48,50)(H,51,52)(H,53,54,55). The fourth-order valence-corrected chi connectivity index (χ4v) is 6.71. The number of hydrogen-bond acceptors (Lipinski definition) is 10. The zero-order chi connectivity index (χ0) is 40.7. The van der Waals surface area contributed by atoms with E-state index in [9.17, 15) is 27.7 Å². The normalized spacial score (nSPS) is 11.9. The monoisotopic (exact) mass is 799 g/mol. The third-order valence-corrected chi connectivity index (χ3v) is 9.90. The number of hydrogen-bond donors (Lipinski definition) is 3. The van der Waals surface area contributed by atoms with Gasteiger partial charge in [-0.3, -0.25) is 9.35 Å². The molecule has 0 aliphatic rings. The van der Waals surface area contributed by atoms with Crippen LogP contribution in [0.2, 0.25) is 0 Å². The number of carbonyl (C=O) groups excluding carboxylic acids is 1. The molecule has 2 aromatic heterocycles. The average molecular weight is 800 g/mol. The molecule has 14 heteroatoms. The van der Waals surface area contributed by atoms with E-state index in [0.29, 0.717) is 30.4 Å². The molecule has 4 aromatic carbocycles. The van der Waals surface area contributed by atoms with Gasteiger partial charge in [-0.2, -0.15) is 13.5 Å². The van der Waals surface area contributed by atoms with Gasteiger partial charge in [0.05, 0.1) is 35.9 Å². The molecule has 296 valence electrons. The summed E-state index contributed by atoms with van der Waals surface area (Å²) in [5.41, 5.74) is 4.92. The molecule has 1 unspecified atom stereocenters. The molecule has 6 rings (SSSR count). The van der Waals surface area contributed by atoms with Gasteiger partial charge in [-0.05, 0) is 71.8 Å². The number of nitrogens with one attached hydrogen (secondary N) is 1. The number of amides is 1. The highest BCUT2D eigenvalue weighted by Crippen LogP contribution is 2.29. The van der Waals surface area contributed by atoms with E-state index in [2.05, 4.69) is 38.7 Å². The fourth-order valence-electron chi connectivity index (χ4n) is 6.00. The molecule has 0 fully saturated rings. The van der Waals surface area contributed by atoms with E-state index < -0.39 is 28.0 Å². The molecular formula is C44H41N5O8S. The van der Waals surface area contributed by atoms with Gasteiger partial charge in [0.2, 0.25) is 5.88 Å². The topological polar surface area (TPSA) is 190 Å². The highest BCUT2D eigenvalue weighted by Gasteiger charge is 2.23. The minimum atomic E-state index is -4.43. The maximum Gasteiger partial charge on any atom is 0.326 e. The lowest BCUT2D eigenvalue weighted by Crippen LogP contribution is -2.42. The number of nitrogens with zero attached hydrogens (tertiary/aromatic N) is 4. The van der Waals surface area contributed by atoms with Crippen LogP contribution in [-0.2, 0) is 27.9 Å². The van der Waals surface area contributed by atoms with E-state index in [0.717, 1.165) is 41.6 Å². The summed E-state index contributed by atoms with van der Waals surface area (Å²) in [5, 5.41) is 20.4. The van der Waals surface area contributed by atoms with Crippen molar-refractivity contribution in [2.75, 3.05) is 13.2 Å². The molecule has 0 aliphatic heterocycles. The van der Waals surface area contributed by atoms with Crippen LogP contribution in [0.5, 0.6) is 11.6 Å². The van der Waals surface area contributed by atoms with Gasteiger partial charge in [-0.1, -0.05) is 97.1 Å². The van der Waals surface area contributed by atoms with Crippen LogP contribution in [-0.4, -0.2) is 59.2 Å². The smallest absolute Gasteiger partial charge is 0.326 e. The van der Waals surface area contributed by atoms with Crippen LogP contribution in [0.25, 0.3) is 22.4 Å². The van der Waals surface area contributed by atoms with Gasteiger partial charge in [0.1, 0.15) is 11.8 Å². The summed E-state index contributed by atoms with van der Waals surface area (Å²) in [5.74, 6) is -0.640. The number of carboxylic acids is 1. The van der Waals surface area contributed by atoms with Crippen LogP contribution in [0, 0.1) is 0 Å². The van der Waals surface area contributed by atoms with Crippen LogP contribution in [0.3, 0.4) is 0 Å². The van der Waals surface area contributed by atoms with Gasteiger partial charge < -0.3 is 19.9 Å². The Morgan fingerprint density at radius 3 is 2.07 bits per heavy atom. The first kappa shape index (κ1) is 40.9. The molecule has 3 N–H and O–H groups in total. The molecule has 1 amide bonds. The molecule has 6 aromatic rings. The maximum absolute atomic E-state index is 13.0. The van der Waals surface area contributed by atoms with E-state index >= 15 is 0 Å².